The number of para-hydroxylation sites is 1. The van der Waals surface area contributed by atoms with E-state index in [0.29, 0.717) is 15.8 Å². The van der Waals surface area contributed by atoms with Crippen molar-refractivity contribution in [1.29, 1.82) is 0 Å². The summed E-state index contributed by atoms with van der Waals surface area (Å²) >= 11 is 6.87. The Kier molecular flexibility index (Phi) is 6.88. The van der Waals surface area contributed by atoms with Crippen LogP contribution in [0, 0.1) is 0 Å². The quantitative estimate of drug-likeness (QED) is 0.225. The summed E-state index contributed by atoms with van der Waals surface area (Å²) in [6.07, 6.45) is 3.81. The van der Waals surface area contributed by atoms with Crippen LogP contribution in [0.25, 0.3) is 23.0 Å². The highest BCUT2D eigenvalue weighted by Gasteiger charge is 2.32. The molecule has 8 heteroatoms. The second kappa shape index (κ2) is 10.4. The van der Waals surface area contributed by atoms with E-state index in [2.05, 4.69) is 0 Å². The van der Waals surface area contributed by atoms with Crippen LogP contribution in [-0.4, -0.2) is 39.1 Å². The number of hydrogen-bond acceptors (Lipinski definition) is 6. The molecule has 0 bridgehead atoms. The Bertz CT molecular complexity index is 1430. The minimum Gasteiger partial charge on any atom is -0.497 e. The maximum Gasteiger partial charge on any atom is 0.266 e. The van der Waals surface area contributed by atoms with Crippen molar-refractivity contribution in [2.45, 2.75) is 6.54 Å². The Morgan fingerprint density at radius 2 is 1.56 bits per heavy atom. The van der Waals surface area contributed by atoms with Crippen LogP contribution in [0.2, 0.25) is 0 Å². The van der Waals surface area contributed by atoms with Gasteiger partial charge in [-0.1, -0.05) is 54.3 Å². The number of carbonyl (C=O) groups is 1. The number of thiocarbonyl (C=S) groups is 1. The second-order valence-electron chi connectivity index (χ2n) is 8.06. The fraction of sp³-hybridized carbons (Fsp3) is 0.107. The largest absolute Gasteiger partial charge is 0.497 e. The van der Waals surface area contributed by atoms with E-state index in [1.807, 2.05) is 95.8 Å². The Labute approximate surface area is 219 Å². The molecule has 1 fully saturated rings. The zero-order chi connectivity index (χ0) is 25.1. The van der Waals surface area contributed by atoms with Crippen LogP contribution < -0.4 is 9.47 Å². The average Bonchev–Trinajstić information content (AvgIpc) is 3.46. The van der Waals surface area contributed by atoms with Crippen molar-refractivity contribution in [1.82, 2.24) is 14.7 Å². The number of hydrogen-bond donors (Lipinski definition) is 0. The van der Waals surface area contributed by atoms with Crippen LogP contribution in [0.4, 0.5) is 0 Å². The zero-order valence-corrected chi connectivity index (χ0v) is 21.4. The molecule has 0 unspecified atom stereocenters. The van der Waals surface area contributed by atoms with Gasteiger partial charge in [-0.2, -0.15) is 5.10 Å². The fourth-order valence-electron chi connectivity index (χ4n) is 3.87. The Morgan fingerprint density at radius 1 is 0.917 bits per heavy atom. The molecule has 1 aliphatic heterocycles. The topological polar surface area (TPSA) is 56.6 Å². The van der Waals surface area contributed by atoms with Crippen LogP contribution in [-0.2, 0) is 11.3 Å². The molecule has 3 aromatic carbocycles. The summed E-state index contributed by atoms with van der Waals surface area (Å²) in [5, 5.41) is 4.85. The monoisotopic (exact) mass is 513 g/mol. The van der Waals surface area contributed by atoms with Crippen molar-refractivity contribution in [3.05, 3.63) is 101 Å². The van der Waals surface area contributed by atoms with Gasteiger partial charge >= 0.3 is 0 Å². The van der Waals surface area contributed by atoms with E-state index < -0.39 is 0 Å². The molecule has 180 valence electrons. The molecule has 0 N–H and O–H groups in total. The minimum absolute atomic E-state index is 0.117. The van der Waals surface area contributed by atoms with E-state index in [4.69, 9.17) is 26.8 Å². The summed E-state index contributed by atoms with van der Waals surface area (Å²) in [6, 6.07) is 25.2. The molecule has 2 heterocycles. The van der Waals surface area contributed by atoms with Gasteiger partial charge in [0.15, 0.2) is 0 Å². The summed E-state index contributed by atoms with van der Waals surface area (Å²) in [5.74, 6) is 1.42. The van der Waals surface area contributed by atoms with Gasteiger partial charge in [0.2, 0.25) is 0 Å². The molecule has 36 heavy (non-hydrogen) atoms. The maximum atomic E-state index is 13.3. The molecule has 0 saturated carbocycles. The molecule has 1 amide bonds. The van der Waals surface area contributed by atoms with E-state index in [1.165, 1.54) is 11.8 Å². The number of benzene rings is 3. The normalized spacial score (nSPS) is 14.5. The lowest BCUT2D eigenvalue weighted by Gasteiger charge is -2.14. The third-order valence-corrected chi connectivity index (χ3v) is 7.16. The van der Waals surface area contributed by atoms with Gasteiger partial charge in [0, 0.05) is 17.3 Å². The standard InChI is InChI=1S/C28H23N3O3S2/c1-33-23-12-8-19(9-13-23)17-30-27(32)25(36-28(30)35)16-21-18-31(22-6-4-3-5-7-22)29-26(21)20-10-14-24(34-2)15-11-20/h3-16,18H,17H2,1-2H3/b25-16+. The summed E-state index contributed by atoms with van der Waals surface area (Å²) in [7, 11) is 3.26. The van der Waals surface area contributed by atoms with Crippen LogP contribution >= 0.6 is 24.0 Å². The molecular weight excluding hydrogens is 490 g/mol. The number of thioether (sulfide) groups is 1. The molecule has 0 atom stereocenters. The number of amides is 1. The summed E-state index contributed by atoms with van der Waals surface area (Å²) in [6.45, 7) is 0.403. The van der Waals surface area contributed by atoms with Crippen LogP contribution in [0.15, 0.2) is 90.0 Å². The smallest absolute Gasteiger partial charge is 0.266 e. The van der Waals surface area contributed by atoms with E-state index in [-0.39, 0.29) is 5.91 Å². The highest BCUT2D eigenvalue weighted by Crippen LogP contribution is 2.36. The molecule has 0 aliphatic carbocycles. The first-order valence-electron chi connectivity index (χ1n) is 11.2. The molecule has 6 nitrogen and oxygen atoms in total. The zero-order valence-electron chi connectivity index (χ0n) is 19.8. The van der Waals surface area contributed by atoms with E-state index in [1.54, 1.807) is 19.1 Å². The molecule has 5 rings (SSSR count). The molecule has 1 aromatic heterocycles. The van der Waals surface area contributed by atoms with Crippen molar-refractivity contribution < 1.29 is 14.3 Å². The third kappa shape index (κ3) is 4.91. The highest BCUT2D eigenvalue weighted by molar-refractivity contribution is 8.26. The Balaban J connectivity index is 1.48. The van der Waals surface area contributed by atoms with E-state index >= 15 is 0 Å². The fourth-order valence-corrected chi connectivity index (χ4v) is 5.12. The predicted molar refractivity (Wildman–Crippen MR) is 147 cm³/mol. The van der Waals surface area contributed by atoms with Crippen molar-refractivity contribution in [2.75, 3.05) is 14.2 Å². The first-order chi connectivity index (χ1) is 17.6. The number of methoxy groups -OCH3 is 2. The number of rotatable bonds is 7. The van der Waals surface area contributed by atoms with Gasteiger partial charge in [0.1, 0.15) is 15.8 Å². The number of aromatic nitrogens is 2. The molecular formula is C28H23N3O3S2. The Hall–Kier alpha value is -3.88. The van der Waals surface area contributed by atoms with Crippen molar-refractivity contribution in [3.63, 3.8) is 0 Å². The molecule has 1 aliphatic rings. The van der Waals surface area contributed by atoms with Crippen molar-refractivity contribution >= 4 is 40.3 Å². The lowest BCUT2D eigenvalue weighted by Crippen LogP contribution is -2.27. The molecule has 4 aromatic rings. The average molecular weight is 514 g/mol. The van der Waals surface area contributed by atoms with Gasteiger partial charge in [-0.25, -0.2) is 4.68 Å². The van der Waals surface area contributed by atoms with Crippen LogP contribution in [0.3, 0.4) is 0 Å². The summed E-state index contributed by atoms with van der Waals surface area (Å²) < 4.78 is 12.9. The van der Waals surface area contributed by atoms with Crippen LogP contribution in [0.5, 0.6) is 11.5 Å². The van der Waals surface area contributed by atoms with Crippen molar-refractivity contribution in [3.8, 4) is 28.4 Å². The van der Waals surface area contributed by atoms with Gasteiger partial charge < -0.3 is 9.47 Å². The van der Waals surface area contributed by atoms with E-state index in [9.17, 15) is 4.79 Å². The van der Waals surface area contributed by atoms with Crippen LogP contribution in [0.1, 0.15) is 11.1 Å². The maximum absolute atomic E-state index is 13.3. The van der Waals surface area contributed by atoms with Gasteiger partial charge in [-0.3, -0.25) is 9.69 Å². The molecule has 1 saturated heterocycles. The minimum atomic E-state index is -0.117. The first kappa shape index (κ1) is 23.8. The second-order valence-corrected chi connectivity index (χ2v) is 9.73. The SMILES string of the molecule is COc1ccc(CN2C(=O)/C(=C\c3cn(-c4ccccc4)nc3-c3ccc(OC)cc3)SC2=S)cc1. The first-order valence-corrected chi connectivity index (χ1v) is 12.5. The number of ether oxygens (including phenoxy) is 2. The van der Waals surface area contributed by atoms with Gasteiger partial charge in [-0.05, 0) is 60.2 Å². The van der Waals surface area contributed by atoms with Gasteiger partial charge in [-0.15, -0.1) is 0 Å². The highest BCUT2D eigenvalue weighted by atomic mass is 32.2. The summed E-state index contributed by atoms with van der Waals surface area (Å²) in [5.41, 5.74) is 4.42. The predicted octanol–water partition coefficient (Wildman–Crippen LogP) is 5.96. The van der Waals surface area contributed by atoms with Gasteiger partial charge in [0.25, 0.3) is 5.91 Å². The number of carbonyl (C=O) groups excluding carboxylic acids is 1. The van der Waals surface area contributed by atoms with Crippen molar-refractivity contribution in [2.24, 2.45) is 0 Å². The third-order valence-electron chi connectivity index (χ3n) is 5.79. The lowest BCUT2D eigenvalue weighted by molar-refractivity contribution is -0.122. The molecule has 0 spiro atoms. The Morgan fingerprint density at radius 3 is 2.19 bits per heavy atom. The lowest BCUT2D eigenvalue weighted by atomic mass is 10.1. The number of nitrogens with zero attached hydrogens (tertiary/aromatic N) is 3. The summed E-state index contributed by atoms with van der Waals surface area (Å²) in [4.78, 5) is 15.5. The van der Waals surface area contributed by atoms with E-state index in [0.717, 1.165) is 39.6 Å². The molecule has 0 radical (unpaired) electrons. The van der Waals surface area contributed by atoms with Gasteiger partial charge in [0.05, 0.1) is 37.1 Å².